The van der Waals surface area contributed by atoms with Crippen molar-refractivity contribution in [3.8, 4) is 5.75 Å². The van der Waals surface area contributed by atoms with Crippen molar-refractivity contribution in [1.29, 1.82) is 0 Å². The van der Waals surface area contributed by atoms with E-state index in [1.54, 1.807) is 24.3 Å². The van der Waals surface area contributed by atoms with Crippen molar-refractivity contribution in [2.45, 2.75) is 20.5 Å². The van der Waals surface area contributed by atoms with E-state index >= 15 is 0 Å². The molecule has 0 saturated carbocycles. The lowest BCUT2D eigenvalue weighted by Gasteiger charge is -2.12. The Morgan fingerprint density at radius 1 is 1.14 bits per heavy atom. The van der Waals surface area contributed by atoms with Crippen molar-refractivity contribution in [2.75, 3.05) is 5.32 Å². The number of hydrogen-bond donors (Lipinski definition) is 1. The van der Waals surface area contributed by atoms with Crippen molar-refractivity contribution in [2.24, 2.45) is 0 Å². The van der Waals surface area contributed by atoms with Gasteiger partial charge in [0.2, 0.25) is 0 Å². The lowest BCUT2D eigenvalue weighted by Crippen LogP contribution is -2.14. The molecule has 1 amide bonds. The van der Waals surface area contributed by atoms with Crippen LogP contribution in [-0.2, 0) is 6.61 Å². The maximum absolute atomic E-state index is 12.8. The summed E-state index contributed by atoms with van der Waals surface area (Å²) < 4.78 is 7.90. The summed E-state index contributed by atoms with van der Waals surface area (Å²) in [5, 5.41) is 3.35. The van der Waals surface area contributed by atoms with Gasteiger partial charge in [-0.2, -0.15) is 0 Å². The van der Waals surface area contributed by atoms with Gasteiger partial charge in [0.05, 0.1) is 22.0 Å². The van der Waals surface area contributed by atoms with E-state index in [1.807, 2.05) is 61.0 Å². The Bertz CT molecular complexity index is 1200. The van der Waals surface area contributed by atoms with E-state index < -0.39 is 0 Å². The smallest absolute Gasteiger partial charge is 0.259 e. The molecule has 0 fully saturated rings. The molecule has 0 spiro atoms. The predicted molar refractivity (Wildman–Crippen MR) is 115 cm³/mol. The van der Waals surface area contributed by atoms with E-state index in [4.69, 9.17) is 16.3 Å². The second kappa shape index (κ2) is 7.97. The standard InChI is InChI=1S/C23H20ClN3O2/c1-15-9-10-20(19(24)12-15)26-23(28)18-7-3-4-8-21(18)29-14-17-13-27-11-5-6-16(2)22(27)25-17/h3-13H,14H2,1-2H3,(H,26,28). The lowest BCUT2D eigenvalue weighted by atomic mass is 10.1. The quantitative estimate of drug-likeness (QED) is 0.481. The number of fused-ring (bicyclic) bond motifs is 1. The molecule has 6 heteroatoms. The van der Waals surface area contributed by atoms with Gasteiger partial charge in [0, 0.05) is 12.4 Å². The predicted octanol–water partition coefficient (Wildman–Crippen LogP) is 5.44. The first-order chi connectivity index (χ1) is 14.0. The largest absolute Gasteiger partial charge is 0.486 e. The zero-order chi connectivity index (χ0) is 20.4. The number of benzene rings is 2. The fraction of sp³-hybridized carbons (Fsp3) is 0.130. The molecule has 0 radical (unpaired) electrons. The number of amides is 1. The Hall–Kier alpha value is -3.31. The summed E-state index contributed by atoms with van der Waals surface area (Å²) in [7, 11) is 0. The van der Waals surface area contributed by atoms with E-state index in [-0.39, 0.29) is 12.5 Å². The number of aryl methyl sites for hydroxylation is 2. The van der Waals surface area contributed by atoms with Gasteiger partial charge in [0.25, 0.3) is 5.91 Å². The van der Waals surface area contributed by atoms with Crippen molar-refractivity contribution in [3.05, 3.63) is 94.4 Å². The summed E-state index contributed by atoms with van der Waals surface area (Å²) in [6.07, 6.45) is 3.88. The number of carbonyl (C=O) groups is 1. The summed E-state index contributed by atoms with van der Waals surface area (Å²) in [6.45, 7) is 4.22. The Kier molecular flexibility index (Phi) is 5.23. The van der Waals surface area contributed by atoms with Crippen LogP contribution in [0.15, 0.2) is 67.0 Å². The average molecular weight is 406 g/mol. The second-order valence-corrected chi connectivity index (χ2v) is 7.28. The van der Waals surface area contributed by atoms with E-state index in [2.05, 4.69) is 10.3 Å². The number of para-hydroxylation sites is 1. The minimum atomic E-state index is -0.280. The van der Waals surface area contributed by atoms with Gasteiger partial charge in [-0.05, 0) is 55.3 Å². The first kappa shape index (κ1) is 19.0. The second-order valence-electron chi connectivity index (χ2n) is 6.88. The zero-order valence-electron chi connectivity index (χ0n) is 16.1. The van der Waals surface area contributed by atoms with Crippen LogP contribution in [0.4, 0.5) is 5.69 Å². The molecule has 0 bridgehead atoms. The molecule has 2 heterocycles. The van der Waals surface area contributed by atoms with Gasteiger partial charge in [0.15, 0.2) is 0 Å². The molecule has 29 heavy (non-hydrogen) atoms. The van der Waals surface area contributed by atoms with Gasteiger partial charge in [-0.3, -0.25) is 4.79 Å². The highest BCUT2D eigenvalue weighted by molar-refractivity contribution is 6.34. The average Bonchev–Trinajstić information content (AvgIpc) is 3.13. The molecule has 0 atom stereocenters. The van der Waals surface area contributed by atoms with Gasteiger partial charge in [-0.1, -0.05) is 35.9 Å². The number of pyridine rings is 1. The number of nitrogens with zero attached hydrogens (tertiary/aromatic N) is 2. The summed E-state index contributed by atoms with van der Waals surface area (Å²) in [6, 6.07) is 16.6. The minimum absolute atomic E-state index is 0.261. The number of nitrogens with one attached hydrogen (secondary N) is 1. The number of imidazole rings is 1. The topological polar surface area (TPSA) is 55.6 Å². The summed E-state index contributed by atoms with van der Waals surface area (Å²) >= 11 is 6.24. The minimum Gasteiger partial charge on any atom is -0.486 e. The molecule has 0 unspecified atom stereocenters. The van der Waals surface area contributed by atoms with E-state index in [0.717, 1.165) is 22.5 Å². The molecule has 0 aliphatic heterocycles. The number of halogens is 1. The molecule has 2 aromatic heterocycles. The maximum atomic E-state index is 12.8. The summed E-state index contributed by atoms with van der Waals surface area (Å²) in [5.41, 5.74) is 4.80. The van der Waals surface area contributed by atoms with Gasteiger partial charge < -0.3 is 14.5 Å². The van der Waals surface area contributed by atoms with Crippen LogP contribution in [0.25, 0.3) is 5.65 Å². The van der Waals surface area contributed by atoms with E-state index in [0.29, 0.717) is 22.0 Å². The lowest BCUT2D eigenvalue weighted by molar-refractivity contribution is 0.102. The van der Waals surface area contributed by atoms with Crippen LogP contribution in [0, 0.1) is 13.8 Å². The Balaban J connectivity index is 1.53. The number of ether oxygens (including phenoxy) is 1. The van der Waals surface area contributed by atoms with Crippen LogP contribution in [-0.4, -0.2) is 15.3 Å². The van der Waals surface area contributed by atoms with Gasteiger partial charge in [-0.25, -0.2) is 4.98 Å². The molecule has 0 aliphatic rings. The molecule has 146 valence electrons. The normalized spacial score (nSPS) is 10.9. The van der Waals surface area contributed by atoms with Crippen molar-refractivity contribution >= 4 is 28.8 Å². The molecule has 0 saturated heterocycles. The number of rotatable bonds is 5. The number of hydrogen-bond acceptors (Lipinski definition) is 3. The Morgan fingerprint density at radius 2 is 1.97 bits per heavy atom. The third kappa shape index (κ3) is 4.10. The maximum Gasteiger partial charge on any atom is 0.259 e. The molecule has 1 N–H and O–H groups in total. The van der Waals surface area contributed by atoms with Crippen molar-refractivity contribution < 1.29 is 9.53 Å². The molecule has 4 rings (SSSR count). The first-order valence-corrected chi connectivity index (χ1v) is 9.61. The van der Waals surface area contributed by atoms with Gasteiger partial charge in [0.1, 0.15) is 18.0 Å². The highest BCUT2D eigenvalue weighted by Gasteiger charge is 2.14. The molecular weight excluding hydrogens is 386 g/mol. The number of carbonyl (C=O) groups excluding carboxylic acids is 1. The number of aromatic nitrogens is 2. The molecule has 0 aliphatic carbocycles. The molecule has 5 nitrogen and oxygen atoms in total. The first-order valence-electron chi connectivity index (χ1n) is 9.24. The highest BCUT2D eigenvalue weighted by Crippen LogP contribution is 2.26. The fourth-order valence-corrected chi connectivity index (χ4v) is 3.40. The van der Waals surface area contributed by atoms with Crippen LogP contribution < -0.4 is 10.1 Å². The van der Waals surface area contributed by atoms with Crippen LogP contribution in [0.5, 0.6) is 5.75 Å². The molecule has 4 aromatic rings. The third-order valence-corrected chi connectivity index (χ3v) is 4.92. The monoisotopic (exact) mass is 405 g/mol. The van der Waals surface area contributed by atoms with Crippen LogP contribution in [0.1, 0.15) is 27.2 Å². The summed E-state index contributed by atoms with van der Waals surface area (Å²) in [4.78, 5) is 17.4. The zero-order valence-corrected chi connectivity index (χ0v) is 16.9. The Labute approximate surface area is 173 Å². The molecule has 2 aromatic carbocycles. The van der Waals surface area contributed by atoms with Crippen molar-refractivity contribution in [1.82, 2.24) is 9.38 Å². The number of anilines is 1. The molecular formula is C23H20ClN3O2. The summed E-state index contributed by atoms with van der Waals surface area (Å²) in [5.74, 6) is 0.208. The van der Waals surface area contributed by atoms with Crippen LogP contribution in [0.2, 0.25) is 5.02 Å². The highest BCUT2D eigenvalue weighted by atomic mass is 35.5. The Morgan fingerprint density at radius 3 is 2.76 bits per heavy atom. The van der Waals surface area contributed by atoms with Gasteiger partial charge >= 0.3 is 0 Å². The fourth-order valence-electron chi connectivity index (χ4n) is 3.12. The van der Waals surface area contributed by atoms with E-state index in [9.17, 15) is 4.79 Å². The van der Waals surface area contributed by atoms with Crippen molar-refractivity contribution in [3.63, 3.8) is 0 Å². The van der Waals surface area contributed by atoms with Crippen LogP contribution >= 0.6 is 11.6 Å². The van der Waals surface area contributed by atoms with Crippen LogP contribution in [0.3, 0.4) is 0 Å². The third-order valence-electron chi connectivity index (χ3n) is 4.61. The SMILES string of the molecule is Cc1ccc(NC(=O)c2ccccc2OCc2cn3cccc(C)c3n2)c(Cl)c1. The van der Waals surface area contributed by atoms with Gasteiger partial charge in [-0.15, -0.1) is 0 Å². The van der Waals surface area contributed by atoms with E-state index in [1.165, 1.54) is 0 Å².